The molecule has 1 saturated heterocycles. The topological polar surface area (TPSA) is 49.7 Å². The number of ether oxygens (including phenoxy) is 1. The molecule has 54 valence electrons. The molecule has 1 aliphatic heterocycles. The predicted molar refractivity (Wildman–Crippen MR) is 32.0 cm³/mol. The van der Waals surface area contributed by atoms with Crippen molar-refractivity contribution >= 4 is 0 Å². The molecule has 2 unspecified atom stereocenters. The van der Waals surface area contributed by atoms with Gasteiger partial charge in [-0.15, -0.1) is 0 Å². The van der Waals surface area contributed by atoms with Gasteiger partial charge in [0.1, 0.15) is 0 Å². The van der Waals surface area contributed by atoms with Crippen molar-refractivity contribution in [1.82, 2.24) is 0 Å². The van der Waals surface area contributed by atoms with Crippen LogP contribution in [0, 0.1) is 5.92 Å². The van der Waals surface area contributed by atoms with Crippen molar-refractivity contribution in [3.63, 3.8) is 0 Å². The minimum atomic E-state index is -0.492. The second kappa shape index (κ2) is 2.64. The largest absolute Gasteiger partial charge is 0.390 e. The van der Waals surface area contributed by atoms with Crippen LogP contribution in [0.2, 0.25) is 0 Å². The summed E-state index contributed by atoms with van der Waals surface area (Å²) in [7, 11) is 0. The fourth-order valence-corrected chi connectivity index (χ4v) is 0.870. The van der Waals surface area contributed by atoms with E-state index in [1.807, 2.05) is 6.92 Å². The van der Waals surface area contributed by atoms with Crippen LogP contribution in [0.15, 0.2) is 0 Å². The van der Waals surface area contributed by atoms with E-state index in [-0.39, 0.29) is 5.92 Å². The lowest BCUT2D eigenvalue weighted by atomic mass is 9.97. The van der Waals surface area contributed by atoms with Crippen LogP contribution in [0.3, 0.4) is 0 Å². The van der Waals surface area contributed by atoms with Crippen molar-refractivity contribution in [3.8, 4) is 0 Å². The van der Waals surface area contributed by atoms with Gasteiger partial charge in [-0.1, -0.05) is 6.92 Å². The van der Waals surface area contributed by atoms with Gasteiger partial charge >= 0.3 is 0 Å². The van der Waals surface area contributed by atoms with Crippen LogP contribution in [0.25, 0.3) is 0 Å². The average molecular weight is 132 g/mol. The molecule has 0 saturated carbocycles. The highest BCUT2D eigenvalue weighted by atomic mass is 16.5. The molecule has 0 aromatic heterocycles. The zero-order chi connectivity index (χ0) is 6.85. The van der Waals surface area contributed by atoms with Crippen LogP contribution in [-0.4, -0.2) is 35.6 Å². The summed E-state index contributed by atoms with van der Waals surface area (Å²) < 4.78 is 4.86. The molecular weight excluding hydrogens is 120 g/mol. The molecule has 1 fully saturated rings. The lowest BCUT2D eigenvalue weighted by Crippen LogP contribution is -2.41. The van der Waals surface area contributed by atoms with E-state index in [9.17, 15) is 0 Å². The van der Waals surface area contributed by atoms with Gasteiger partial charge in [-0.3, -0.25) is 0 Å². The van der Waals surface area contributed by atoms with Gasteiger partial charge in [0.25, 0.3) is 0 Å². The third-order valence-corrected chi connectivity index (χ3v) is 1.79. The maximum Gasteiger partial charge on any atom is 0.0824 e. The van der Waals surface area contributed by atoms with Crippen LogP contribution in [0.1, 0.15) is 6.92 Å². The Balaban J connectivity index is 2.41. The zero-order valence-corrected chi connectivity index (χ0v) is 5.45. The highest BCUT2D eigenvalue weighted by Gasteiger charge is 2.27. The molecule has 9 heavy (non-hydrogen) atoms. The molecule has 1 rings (SSSR count). The summed E-state index contributed by atoms with van der Waals surface area (Å²) in [5.74, 6) is -0.0428. The fourth-order valence-electron chi connectivity index (χ4n) is 0.870. The average Bonchev–Trinajstić information content (AvgIpc) is 1.83. The van der Waals surface area contributed by atoms with Gasteiger partial charge in [-0.2, -0.15) is 0 Å². The Morgan fingerprint density at radius 1 is 1.22 bits per heavy atom. The van der Waals surface area contributed by atoms with E-state index >= 15 is 0 Å². The van der Waals surface area contributed by atoms with Gasteiger partial charge in [0.15, 0.2) is 0 Å². The Kier molecular flexibility index (Phi) is 2.05. The maximum absolute atomic E-state index is 9.06. The lowest BCUT2D eigenvalue weighted by Gasteiger charge is -2.29. The highest BCUT2D eigenvalue weighted by Crippen LogP contribution is 2.14. The van der Waals surface area contributed by atoms with Gasteiger partial charge in [-0.25, -0.2) is 0 Å². The molecule has 3 heteroatoms. The number of aliphatic hydroxyl groups is 2. The summed E-state index contributed by atoms with van der Waals surface area (Å²) in [6, 6.07) is 0. The first-order chi connectivity index (χ1) is 4.22. The smallest absolute Gasteiger partial charge is 0.0824 e. The molecule has 0 radical (unpaired) electrons. The van der Waals surface area contributed by atoms with Crippen LogP contribution < -0.4 is 0 Å². The maximum atomic E-state index is 9.06. The first-order valence-corrected chi connectivity index (χ1v) is 3.15. The minimum Gasteiger partial charge on any atom is -0.390 e. The Morgan fingerprint density at radius 2 is 1.67 bits per heavy atom. The van der Waals surface area contributed by atoms with Crippen molar-refractivity contribution in [1.29, 1.82) is 0 Å². The van der Waals surface area contributed by atoms with Gasteiger partial charge in [-0.05, 0) is 0 Å². The van der Waals surface area contributed by atoms with Gasteiger partial charge in [0.05, 0.1) is 25.4 Å². The molecule has 1 aliphatic rings. The second-order valence-corrected chi connectivity index (χ2v) is 2.53. The standard InChI is InChI=1S/C6H12O3/c1-4-5(7)2-9-3-6(4)8/h4-8H,2-3H2,1H3. The number of aliphatic hydroxyl groups excluding tert-OH is 2. The first kappa shape index (κ1) is 6.99. The van der Waals surface area contributed by atoms with Gasteiger partial charge < -0.3 is 14.9 Å². The molecule has 0 aromatic carbocycles. The van der Waals surface area contributed by atoms with E-state index in [2.05, 4.69) is 0 Å². The van der Waals surface area contributed by atoms with Crippen molar-refractivity contribution in [3.05, 3.63) is 0 Å². The van der Waals surface area contributed by atoms with Crippen molar-refractivity contribution in [2.75, 3.05) is 13.2 Å². The van der Waals surface area contributed by atoms with E-state index < -0.39 is 12.2 Å². The Labute approximate surface area is 54.3 Å². The molecule has 0 aliphatic carbocycles. The fraction of sp³-hybridized carbons (Fsp3) is 1.00. The summed E-state index contributed by atoms with van der Waals surface area (Å²) in [4.78, 5) is 0. The third kappa shape index (κ3) is 1.41. The van der Waals surface area contributed by atoms with E-state index in [4.69, 9.17) is 14.9 Å². The van der Waals surface area contributed by atoms with Crippen LogP contribution in [0.5, 0.6) is 0 Å². The Morgan fingerprint density at radius 3 is 2.00 bits per heavy atom. The molecule has 2 atom stereocenters. The molecular formula is C6H12O3. The lowest BCUT2D eigenvalue weighted by molar-refractivity contribution is -0.108. The number of rotatable bonds is 0. The monoisotopic (exact) mass is 132 g/mol. The van der Waals surface area contributed by atoms with Gasteiger partial charge in [0, 0.05) is 5.92 Å². The van der Waals surface area contributed by atoms with Gasteiger partial charge in [0.2, 0.25) is 0 Å². The van der Waals surface area contributed by atoms with Crippen molar-refractivity contribution in [2.24, 2.45) is 5.92 Å². The minimum absolute atomic E-state index is 0.0428. The van der Waals surface area contributed by atoms with E-state index in [0.29, 0.717) is 13.2 Å². The third-order valence-electron chi connectivity index (χ3n) is 1.79. The SMILES string of the molecule is CC1C(O)COCC1O. The van der Waals surface area contributed by atoms with E-state index in [1.54, 1.807) is 0 Å². The highest BCUT2D eigenvalue weighted by molar-refractivity contribution is 4.75. The molecule has 0 aromatic rings. The summed E-state index contributed by atoms with van der Waals surface area (Å²) in [6.45, 7) is 2.54. The normalized spacial score (nSPS) is 45.0. The molecule has 0 bridgehead atoms. The van der Waals surface area contributed by atoms with Crippen molar-refractivity contribution in [2.45, 2.75) is 19.1 Å². The summed E-state index contributed by atoms with van der Waals surface area (Å²) in [5.41, 5.74) is 0. The predicted octanol–water partition coefficient (Wildman–Crippen LogP) is -0.626. The van der Waals surface area contributed by atoms with E-state index in [1.165, 1.54) is 0 Å². The van der Waals surface area contributed by atoms with Crippen molar-refractivity contribution < 1.29 is 14.9 Å². The molecule has 3 nitrogen and oxygen atoms in total. The number of hydrogen-bond donors (Lipinski definition) is 2. The molecule has 0 amide bonds. The summed E-state index contributed by atoms with van der Waals surface area (Å²) >= 11 is 0. The van der Waals surface area contributed by atoms with E-state index in [0.717, 1.165) is 0 Å². The molecule has 1 heterocycles. The molecule has 2 N–H and O–H groups in total. The first-order valence-electron chi connectivity index (χ1n) is 3.15. The second-order valence-electron chi connectivity index (χ2n) is 2.53. The molecule has 0 spiro atoms. The van der Waals surface area contributed by atoms with Crippen LogP contribution >= 0.6 is 0 Å². The summed E-state index contributed by atoms with van der Waals surface area (Å²) in [6.07, 6.45) is -0.984. The quantitative estimate of drug-likeness (QED) is 0.461. The summed E-state index contributed by atoms with van der Waals surface area (Å²) in [5, 5.41) is 18.1. The van der Waals surface area contributed by atoms with Crippen LogP contribution in [0.4, 0.5) is 0 Å². The van der Waals surface area contributed by atoms with Crippen LogP contribution in [-0.2, 0) is 4.74 Å². The zero-order valence-electron chi connectivity index (χ0n) is 5.45. The Hall–Kier alpha value is -0.120. The number of hydrogen-bond acceptors (Lipinski definition) is 3. The Bertz CT molecular complexity index is 84.3.